The van der Waals surface area contributed by atoms with Crippen LogP contribution in [0.25, 0.3) is 0 Å². The number of benzene rings is 2. The van der Waals surface area contributed by atoms with Crippen molar-refractivity contribution in [3.05, 3.63) is 65.7 Å². The van der Waals surface area contributed by atoms with Gasteiger partial charge in [0, 0.05) is 19.3 Å². The lowest BCUT2D eigenvalue weighted by molar-refractivity contribution is -0.142. The number of hydrogen-bond acceptors (Lipinski definition) is 16. The summed E-state index contributed by atoms with van der Waals surface area (Å²) >= 11 is 0. The van der Waals surface area contributed by atoms with E-state index in [1.165, 1.54) is 24.3 Å². The molecule has 10 amide bonds. The molecule has 0 aliphatic carbocycles. The van der Waals surface area contributed by atoms with E-state index < -0.39 is 176 Å². The molecule has 0 aliphatic rings. The van der Waals surface area contributed by atoms with Crippen LogP contribution in [-0.2, 0) is 70.4 Å². The van der Waals surface area contributed by atoms with Gasteiger partial charge in [0.05, 0.1) is 31.8 Å². The molecule has 0 heterocycles. The van der Waals surface area contributed by atoms with Crippen LogP contribution in [-0.4, -0.2) is 172 Å². The first-order chi connectivity index (χ1) is 39.1. The molecule has 0 saturated carbocycles. The number of carbonyl (C=O) groups is 12. The van der Waals surface area contributed by atoms with Gasteiger partial charge in [-0.1, -0.05) is 96.8 Å². The number of aromatic hydroxyl groups is 1. The highest BCUT2D eigenvalue weighted by Gasteiger charge is 2.35. The van der Waals surface area contributed by atoms with Crippen LogP contribution < -0.4 is 64.6 Å². The molecule has 2 rings (SSSR count). The molecule has 0 fully saturated rings. The molecule has 28 heteroatoms. The first kappa shape index (κ1) is 70.9. The molecule has 460 valence electrons. The van der Waals surface area contributed by atoms with Crippen LogP contribution in [0.2, 0.25) is 0 Å². The summed E-state index contributed by atoms with van der Waals surface area (Å²) in [7, 11) is 0. The molecule has 0 aliphatic heterocycles. The van der Waals surface area contributed by atoms with Crippen LogP contribution in [0.15, 0.2) is 54.6 Å². The molecule has 83 heavy (non-hydrogen) atoms. The number of carbonyl (C=O) groups excluding carboxylic acids is 10. The second-order valence-electron chi connectivity index (χ2n) is 20.8. The maximum Gasteiger partial charge on any atom is 0.326 e. The fourth-order valence-electron chi connectivity index (χ4n) is 8.06. The lowest BCUT2D eigenvalue weighted by Gasteiger charge is -2.28. The average molecular weight is 1170 g/mol. The van der Waals surface area contributed by atoms with Crippen molar-refractivity contribution in [3.63, 3.8) is 0 Å². The predicted molar refractivity (Wildman–Crippen MR) is 301 cm³/mol. The number of phenolic OH excluding ortho intramolecular Hbond substituents is 1. The lowest BCUT2D eigenvalue weighted by atomic mass is 9.97. The Labute approximate surface area is 481 Å². The number of carboxylic acid groups (broad SMARTS) is 2. The minimum Gasteiger partial charge on any atom is -0.508 e. The first-order valence-corrected chi connectivity index (χ1v) is 27.4. The van der Waals surface area contributed by atoms with Gasteiger partial charge in [-0.25, -0.2) is 4.79 Å². The Kier molecular flexibility index (Phi) is 31.0. The van der Waals surface area contributed by atoms with Gasteiger partial charge >= 0.3 is 11.9 Å². The second-order valence-corrected chi connectivity index (χ2v) is 20.8. The highest BCUT2D eigenvalue weighted by atomic mass is 16.4. The molecule has 0 radical (unpaired) electrons. The van der Waals surface area contributed by atoms with Crippen LogP contribution in [0.3, 0.4) is 0 Å². The third-order valence-electron chi connectivity index (χ3n) is 13.2. The summed E-state index contributed by atoms with van der Waals surface area (Å²) in [5.74, 6) is -13.2. The van der Waals surface area contributed by atoms with E-state index in [4.69, 9.17) is 11.5 Å². The number of aliphatic hydroxyl groups excluding tert-OH is 1. The van der Waals surface area contributed by atoms with Crippen molar-refractivity contribution >= 4 is 71.0 Å². The Morgan fingerprint density at radius 3 is 1.47 bits per heavy atom. The minimum absolute atomic E-state index is 0.0341. The molecule has 0 bridgehead atoms. The van der Waals surface area contributed by atoms with E-state index in [9.17, 15) is 78.0 Å². The van der Waals surface area contributed by atoms with Gasteiger partial charge in [-0.05, 0) is 73.7 Å². The summed E-state index contributed by atoms with van der Waals surface area (Å²) in [4.78, 5) is 157. The van der Waals surface area contributed by atoms with Crippen LogP contribution in [0.5, 0.6) is 5.75 Å². The molecule has 2 aromatic rings. The molecule has 0 unspecified atom stereocenters. The van der Waals surface area contributed by atoms with Crippen molar-refractivity contribution in [3.8, 4) is 5.75 Å². The van der Waals surface area contributed by atoms with Gasteiger partial charge in [0.25, 0.3) is 0 Å². The zero-order valence-corrected chi connectivity index (χ0v) is 48.0. The molecular formula is C55H84N12O16. The zero-order valence-electron chi connectivity index (χ0n) is 48.0. The maximum atomic E-state index is 13.8. The summed E-state index contributed by atoms with van der Waals surface area (Å²) in [6.45, 7) is 9.15. The second kappa shape index (κ2) is 36.3. The topological polar surface area (TPSA) is 458 Å². The number of phenols is 1. The molecule has 18 N–H and O–H groups in total. The number of hydrogen-bond donors (Lipinski definition) is 16. The monoisotopic (exact) mass is 1170 g/mol. The zero-order chi connectivity index (χ0) is 62.5. The highest BCUT2D eigenvalue weighted by Crippen LogP contribution is 2.14. The van der Waals surface area contributed by atoms with Crippen molar-refractivity contribution in [1.82, 2.24) is 53.2 Å². The molecule has 0 spiro atoms. The van der Waals surface area contributed by atoms with E-state index in [0.717, 1.165) is 6.92 Å². The lowest BCUT2D eigenvalue weighted by Crippen LogP contribution is -2.60. The van der Waals surface area contributed by atoms with Crippen molar-refractivity contribution in [2.45, 2.75) is 154 Å². The standard InChI is InChI=1S/C55H84N12O16/c1-8-31(6)46(67-48(75)36(57)16-12-13-23-56)51(78)60-26-40(70)61-37(21-22-43(73)74)49(76)58-28-42(72)65-47(32(7)68)54(81)62-38(24-34-17-19-35(69)20-18-34)50(77)59-27-41(71)64-44(29(2)3)53(80)66-45(30(4)5)52(79)63-39(55(82)83)25-33-14-10-9-11-15-33/h9-11,14-15,17-20,29-32,36-39,44-47,68-69H,8,12-13,16,21-28,56-57H2,1-7H3,(H,58,76)(H,59,77)(H,60,78)(H,61,70)(H,62,81)(H,63,79)(H,64,71)(H,65,72)(H,66,80)(H,67,75)(H,73,74)(H,82,83)/t31-,32+,36-,37-,38-,39-,44-,45-,46-,47-/m0/s1. The van der Waals surface area contributed by atoms with Crippen LogP contribution in [0.1, 0.15) is 98.1 Å². The maximum absolute atomic E-state index is 13.8. The molecular weight excluding hydrogens is 1080 g/mol. The average Bonchev–Trinajstić information content (AvgIpc) is 3.45. The Morgan fingerprint density at radius 2 is 0.952 bits per heavy atom. The molecule has 28 nitrogen and oxygen atoms in total. The summed E-state index contributed by atoms with van der Waals surface area (Å²) < 4.78 is 0. The van der Waals surface area contributed by atoms with E-state index in [1.54, 1.807) is 71.9 Å². The first-order valence-electron chi connectivity index (χ1n) is 27.4. The Balaban J connectivity index is 2.16. The number of aliphatic hydroxyl groups is 1. The van der Waals surface area contributed by atoms with Crippen LogP contribution in [0.4, 0.5) is 0 Å². The minimum atomic E-state index is -1.79. The third-order valence-corrected chi connectivity index (χ3v) is 13.2. The fraction of sp³-hybridized carbons (Fsp3) is 0.564. The Morgan fingerprint density at radius 1 is 0.494 bits per heavy atom. The van der Waals surface area contributed by atoms with E-state index in [1.807, 2.05) is 0 Å². The summed E-state index contributed by atoms with van der Waals surface area (Å²) in [5.41, 5.74) is 12.5. The number of carboxylic acids is 2. The number of unbranched alkanes of at least 4 members (excludes halogenated alkanes) is 1. The van der Waals surface area contributed by atoms with Crippen molar-refractivity contribution in [2.75, 3.05) is 26.2 Å². The number of rotatable bonds is 37. The molecule has 10 atom stereocenters. The van der Waals surface area contributed by atoms with Gasteiger partial charge in [-0.15, -0.1) is 0 Å². The van der Waals surface area contributed by atoms with E-state index >= 15 is 0 Å². The van der Waals surface area contributed by atoms with Crippen LogP contribution in [0, 0.1) is 17.8 Å². The quantitative estimate of drug-likeness (QED) is 0.0301. The van der Waals surface area contributed by atoms with Gasteiger partial charge in [-0.2, -0.15) is 0 Å². The largest absolute Gasteiger partial charge is 0.508 e. The fourth-order valence-corrected chi connectivity index (χ4v) is 8.06. The molecule has 0 aromatic heterocycles. The van der Waals surface area contributed by atoms with Gasteiger partial charge in [-0.3, -0.25) is 52.7 Å². The van der Waals surface area contributed by atoms with Gasteiger partial charge in [0.15, 0.2) is 0 Å². The van der Waals surface area contributed by atoms with E-state index in [0.29, 0.717) is 43.4 Å². The Bertz CT molecular complexity index is 2520. The van der Waals surface area contributed by atoms with E-state index in [-0.39, 0.29) is 18.6 Å². The van der Waals surface area contributed by atoms with Gasteiger partial charge in [0.2, 0.25) is 59.1 Å². The van der Waals surface area contributed by atoms with Crippen LogP contribution >= 0.6 is 0 Å². The SMILES string of the molecule is CC[C@H](C)[C@H](NC(=O)[C@@H](N)CCCCN)C(=O)NCC(=O)N[C@@H](CCC(=O)O)C(=O)NCC(=O)N[C@H](C(=O)N[C@@H](Cc1ccc(O)cc1)C(=O)NCC(=O)N[C@H](C(=O)N[C@H](C(=O)N[C@@H](Cc1ccccc1)C(=O)O)C(C)C)C(C)C)[C@@H](C)O. The van der Waals surface area contributed by atoms with Crippen molar-refractivity contribution < 1.29 is 78.0 Å². The van der Waals surface area contributed by atoms with Gasteiger partial charge in [0.1, 0.15) is 48.0 Å². The highest BCUT2D eigenvalue weighted by molar-refractivity contribution is 5.98. The van der Waals surface area contributed by atoms with Gasteiger partial charge < -0.3 is 85.1 Å². The number of aliphatic carboxylic acids is 2. The number of nitrogens with one attached hydrogen (secondary N) is 10. The molecule has 2 aromatic carbocycles. The summed E-state index contributed by atoms with van der Waals surface area (Å²) in [5, 5.41) is 63.9. The summed E-state index contributed by atoms with van der Waals surface area (Å²) in [6.07, 6.45) is -1.03. The number of amides is 10. The molecule has 0 saturated heterocycles. The number of nitrogens with two attached hydrogens (primary N) is 2. The van der Waals surface area contributed by atoms with E-state index in [2.05, 4.69) is 53.2 Å². The Hall–Kier alpha value is -8.24. The summed E-state index contributed by atoms with van der Waals surface area (Å²) in [6, 6.07) is 3.36. The van der Waals surface area contributed by atoms with Crippen molar-refractivity contribution in [1.29, 1.82) is 0 Å². The predicted octanol–water partition coefficient (Wildman–Crippen LogP) is -2.94. The van der Waals surface area contributed by atoms with Crippen molar-refractivity contribution in [2.24, 2.45) is 29.2 Å². The third kappa shape index (κ3) is 26.0. The normalized spacial score (nSPS) is 14.7. The smallest absolute Gasteiger partial charge is 0.326 e.